The average Bonchev–Trinajstić information content (AvgIpc) is 2.58. The summed E-state index contributed by atoms with van der Waals surface area (Å²) in [6.45, 7) is -0.281. The second-order valence-electron chi connectivity index (χ2n) is 4.78. The highest BCUT2D eigenvalue weighted by atomic mass is 16.7. The van der Waals surface area contributed by atoms with Crippen LogP contribution in [0, 0.1) is 0 Å². The van der Waals surface area contributed by atoms with Crippen molar-refractivity contribution in [2.45, 2.75) is 6.54 Å². The van der Waals surface area contributed by atoms with E-state index in [2.05, 4.69) is 20.5 Å². The molecule has 0 fully saturated rings. The quantitative estimate of drug-likeness (QED) is 0.423. The van der Waals surface area contributed by atoms with Crippen LogP contribution in [-0.4, -0.2) is 23.5 Å². The molecule has 0 unspecified atom stereocenters. The molecule has 0 aliphatic carbocycles. The number of nitrogens with zero attached hydrogens (tertiary/aromatic N) is 2. The number of hydrogen-bond donors (Lipinski definition) is 3. The molecule has 0 radical (unpaired) electrons. The smallest absolute Gasteiger partial charge is 0.355 e. The highest BCUT2D eigenvalue weighted by Gasteiger charge is 2.08. The number of phenolic OH excluding ortho intramolecular Hbond substituents is 1. The lowest BCUT2D eigenvalue weighted by molar-refractivity contribution is -0.143. The molecule has 8 nitrogen and oxygen atoms in total. The van der Waals surface area contributed by atoms with Crippen LogP contribution < -0.4 is 11.1 Å². The number of carbonyl (C=O) groups excluding carboxylic acids is 2. The summed E-state index contributed by atoms with van der Waals surface area (Å²) in [4.78, 5) is 27.7. The molecule has 0 atom stereocenters. The van der Waals surface area contributed by atoms with E-state index in [-0.39, 0.29) is 18.8 Å². The molecule has 8 heteroatoms. The molecule has 0 spiro atoms. The number of para-hydroxylation sites is 1. The highest BCUT2D eigenvalue weighted by Crippen LogP contribution is 2.16. The normalized spacial score (nSPS) is 10.5. The molecule has 2 rings (SSSR count). The average molecular weight is 328 g/mol. The van der Waals surface area contributed by atoms with Crippen molar-refractivity contribution in [3.63, 3.8) is 0 Å². The van der Waals surface area contributed by atoms with Crippen LogP contribution in [0.3, 0.4) is 0 Å². The molecular formula is C16H16N4O4. The van der Waals surface area contributed by atoms with Gasteiger partial charge in [-0.1, -0.05) is 18.2 Å². The number of hydrogen-bond acceptors (Lipinski definition) is 7. The summed E-state index contributed by atoms with van der Waals surface area (Å²) in [6, 6.07) is 12.9. The molecule has 1 amide bonds. The summed E-state index contributed by atoms with van der Waals surface area (Å²) in [6.07, 6.45) is 0. The first-order valence-electron chi connectivity index (χ1n) is 7.03. The molecule has 0 saturated heterocycles. The third-order valence-electron chi connectivity index (χ3n) is 3.00. The molecule has 2 aromatic rings. The van der Waals surface area contributed by atoms with E-state index in [0.717, 1.165) is 0 Å². The van der Waals surface area contributed by atoms with Crippen LogP contribution in [-0.2, 0) is 16.2 Å². The number of nitrogens with two attached hydrogens (primary N) is 1. The minimum Gasteiger partial charge on any atom is -0.508 e. The molecule has 0 aliphatic heterocycles. The lowest BCUT2D eigenvalue weighted by Gasteiger charge is -2.03. The molecule has 0 aromatic heterocycles. The first-order valence-corrected chi connectivity index (χ1v) is 7.03. The number of phenols is 1. The second-order valence-corrected chi connectivity index (χ2v) is 4.78. The van der Waals surface area contributed by atoms with Gasteiger partial charge in [-0.15, -0.1) is 5.11 Å². The van der Waals surface area contributed by atoms with Crippen molar-refractivity contribution in [2.75, 3.05) is 12.3 Å². The van der Waals surface area contributed by atoms with Gasteiger partial charge in [0.05, 0.1) is 6.54 Å². The monoisotopic (exact) mass is 328 g/mol. The number of nitrogens with one attached hydrogen (secondary N) is 1. The van der Waals surface area contributed by atoms with Crippen molar-refractivity contribution in [3.05, 3.63) is 59.7 Å². The van der Waals surface area contributed by atoms with Gasteiger partial charge in [-0.3, -0.25) is 9.63 Å². The van der Waals surface area contributed by atoms with Crippen LogP contribution in [0.5, 0.6) is 5.75 Å². The van der Waals surface area contributed by atoms with E-state index in [9.17, 15) is 14.7 Å². The molecule has 2 aromatic carbocycles. The predicted octanol–water partition coefficient (Wildman–Crippen LogP) is 1.81. The van der Waals surface area contributed by atoms with Crippen LogP contribution in [0.4, 0.5) is 5.69 Å². The van der Waals surface area contributed by atoms with Crippen LogP contribution in [0.1, 0.15) is 15.9 Å². The SMILES string of the molecule is Nc1ccc(C(=O)NCC(=O)ON=NCc2ccccc2O)cc1. The molecule has 0 aliphatic rings. The molecule has 0 bridgehead atoms. The van der Waals surface area contributed by atoms with Gasteiger partial charge >= 0.3 is 5.97 Å². The Labute approximate surface area is 137 Å². The Morgan fingerprint density at radius 2 is 1.83 bits per heavy atom. The van der Waals surface area contributed by atoms with Gasteiger partial charge in [-0.05, 0) is 30.3 Å². The van der Waals surface area contributed by atoms with Gasteiger partial charge < -0.3 is 16.2 Å². The van der Waals surface area contributed by atoms with E-state index in [0.29, 0.717) is 16.8 Å². The number of amides is 1. The maximum absolute atomic E-state index is 11.8. The summed E-state index contributed by atoms with van der Waals surface area (Å²) in [5.41, 5.74) is 6.99. The summed E-state index contributed by atoms with van der Waals surface area (Å²) in [5, 5.41) is 18.8. The molecule has 0 heterocycles. The van der Waals surface area contributed by atoms with Crippen molar-refractivity contribution in [2.24, 2.45) is 10.4 Å². The zero-order valence-corrected chi connectivity index (χ0v) is 12.7. The first kappa shape index (κ1) is 16.9. The minimum atomic E-state index is -0.764. The molecule has 124 valence electrons. The van der Waals surface area contributed by atoms with Crippen LogP contribution in [0.15, 0.2) is 58.9 Å². The minimum absolute atomic E-state index is 0.0672. The molecule has 0 saturated carbocycles. The van der Waals surface area contributed by atoms with Crippen molar-refractivity contribution < 1.29 is 19.5 Å². The number of anilines is 1. The lowest BCUT2D eigenvalue weighted by Crippen LogP contribution is -2.29. The summed E-state index contributed by atoms with van der Waals surface area (Å²) in [5.74, 6) is -1.11. The second kappa shape index (κ2) is 8.28. The van der Waals surface area contributed by atoms with Gasteiger partial charge in [0, 0.05) is 22.1 Å². The van der Waals surface area contributed by atoms with E-state index >= 15 is 0 Å². The third kappa shape index (κ3) is 5.09. The Morgan fingerprint density at radius 3 is 2.54 bits per heavy atom. The Hall–Kier alpha value is -3.42. The van der Waals surface area contributed by atoms with E-state index in [1.807, 2.05) is 0 Å². The standard InChI is InChI=1S/C16H16N4O4/c17-13-7-5-11(6-8-13)16(23)18-10-15(22)24-20-19-9-12-3-1-2-4-14(12)21/h1-8,21H,9-10,17H2,(H,18,23). The topological polar surface area (TPSA) is 126 Å². The summed E-state index contributed by atoms with van der Waals surface area (Å²) < 4.78 is 0. The van der Waals surface area contributed by atoms with Crippen LogP contribution in [0.25, 0.3) is 0 Å². The third-order valence-corrected chi connectivity index (χ3v) is 3.00. The van der Waals surface area contributed by atoms with Gasteiger partial charge in [-0.25, -0.2) is 4.79 Å². The zero-order valence-electron chi connectivity index (χ0n) is 12.7. The summed E-state index contributed by atoms with van der Waals surface area (Å²) >= 11 is 0. The van der Waals surface area contributed by atoms with Crippen molar-refractivity contribution >= 4 is 17.6 Å². The fourth-order valence-electron chi connectivity index (χ4n) is 1.75. The Morgan fingerprint density at radius 1 is 1.12 bits per heavy atom. The van der Waals surface area contributed by atoms with Gasteiger partial charge in [0.25, 0.3) is 5.91 Å². The Balaban J connectivity index is 1.73. The number of carbonyl (C=O) groups is 2. The van der Waals surface area contributed by atoms with E-state index in [1.54, 1.807) is 42.5 Å². The van der Waals surface area contributed by atoms with E-state index in [1.165, 1.54) is 6.07 Å². The fraction of sp³-hybridized carbons (Fsp3) is 0.125. The van der Waals surface area contributed by atoms with Crippen molar-refractivity contribution in [1.29, 1.82) is 0 Å². The van der Waals surface area contributed by atoms with Crippen LogP contribution >= 0.6 is 0 Å². The van der Waals surface area contributed by atoms with Gasteiger partial charge in [0.1, 0.15) is 12.3 Å². The Bertz CT molecular complexity index is 744. The summed E-state index contributed by atoms with van der Waals surface area (Å²) in [7, 11) is 0. The largest absolute Gasteiger partial charge is 0.508 e. The van der Waals surface area contributed by atoms with Gasteiger partial charge in [0.15, 0.2) is 0 Å². The number of benzene rings is 2. The van der Waals surface area contributed by atoms with E-state index in [4.69, 9.17) is 5.73 Å². The van der Waals surface area contributed by atoms with Gasteiger partial charge in [-0.2, -0.15) is 0 Å². The maximum atomic E-state index is 11.8. The van der Waals surface area contributed by atoms with Gasteiger partial charge in [0.2, 0.25) is 0 Å². The predicted molar refractivity (Wildman–Crippen MR) is 85.9 cm³/mol. The number of aromatic hydroxyl groups is 1. The highest BCUT2D eigenvalue weighted by molar-refractivity contribution is 5.96. The molecule has 24 heavy (non-hydrogen) atoms. The Kier molecular flexibility index (Phi) is 5.84. The number of rotatable bonds is 6. The fourth-order valence-corrected chi connectivity index (χ4v) is 1.75. The molecule has 4 N–H and O–H groups in total. The number of nitrogen functional groups attached to an aromatic ring is 1. The first-order chi connectivity index (χ1) is 11.6. The lowest BCUT2D eigenvalue weighted by atomic mass is 10.2. The van der Waals surface area contributed by atoms with Crippen molar-refractivity contribution in [1.82, 2.24) is 5.32 Å². The van der Waals surface area contributed by atoms with Crippen molar-refractivity contribution in [3.8, 4) is 5.75 Å². The maximum Gasteiger partial charge on any atom is 0.355 e. The molecular weight excluding hydrogens is 312 g/mol. The zero-order chi connectivity index (χ0) is 17.4. The van der Waals surface area contributed by atoms with E-state index < -0.39 is 11.9 Å². The van der Waals surface area contributed by atoms with Crippen LogP contribution in [0.2, 0.25) is 0 Å².